The van der Waals surface area contributed by atoms with E-state index in [1.165, 1.54) is 0 Å². The molecule has 0 aliphatic heterocycles. The molecule has 0 aromatic carbocycles. The molecule has 1 aliphatic rings. The van der Waals surface area contributed by atoms with E-state index < -0.39 is 0 Å². The van der Waals surface area contributed by atoms with Crippen molar-refractivity contribution in [3.8, 4) is 0 Å². The summed E-state index contributed by atoms with van der Waals surface area (Å²) >= 11 is 0. The largest absolute Gasteiger partial charge is 0.494 e. The maximum absolute atomic E-state index is 7.73. The molecule has 2 heteroatoms. The van der Waals surface area contributed by atoms with E-state index in [-0.39, 0.29) is 0 Å². The Labute approximate surface area is 78.4 Å². The van der Waals surface area contributed by atoms with Gasteiger partial charge in [0, 0.05) is 5.57 Å². The molecule has 0 radical (unpaired) electrons. The van der Waals surface area contributed by atoms with Crippen molar-refractivity contribution >= 4 is 5.71 Å². The first-order chi connectivity index (χ1) is 6.29. The van der Waals surface area contributed by atoms with Gasteiger partial charge in [0.25, 0.3) is 0 Å². The lowest BCUT2D eigenvalue weighted by Crippen LogP contribution is -2.07. The highest BCUT2D eigenvalue weighted by molar-refractivity contribution is 6.12. The van der Waals surface area contributed by atoms with Crippen molar-refractivity contribution < 1.29 is 4.74 Å². The summed E-state index contributed by atoms with van der Waals surface area (Å²) in [5, 5.41) is 7.73. The third-order valence-electron chi connectivity index (χ3n) is 1.75. The Hall–Kier alpha value is -1.57. The quantitative estimate of drug-likeness (QED) is 0.687. The van der Waals surface area contributed by atoms with Gasteiger partial charge in [0.2, 0.25) is 0 Å². The van der Waals surface area contributed by atoms with E-state index in [2.05, 4.69) is 0 Å². The summed E-state index contributed by atoms with van der Waals surface area (Å²) in [4.78, 5) is 0. The monoisotopic (exact) mass is 175 g/mol. The van der Waals surface area contributed by atoms with Crippen LogP contribution in [0.5, 0.6) is 0 Å². The minimum Gasteiger partial charge on any atom is -0.494 e. The summed E-state index contributed by atoms with van der Waals surface area (Å²) in [6.45, 7) is 1.94. The zero-order chi connectivity index (χ0) is 9.68. The third kappa shape index (κ3) is 2.18. The molecule has 0 saturated carbocycles. The molecule has 0 heterocycles. The third-order valence-corrected chi connectivity index (χ3v) is 1.75. The molecule has 0 atom stereocenters. The zero-order valence-corrected chi connectivity index (χ0v) is 7.87. The van der Waals surface area contributed by atoms with Crippen LogP contribution in [0.15, 0.2) is 47.8 Å². The highest BCUT2D eigenvalue weighted by Gasteiger charge is 2.10. The lowest BCUT2D eigenvalue weighted by molar-refractivity contribution is 0.314. The van der Waals surface area contributed by atoms with E-state index >= 15 is 0 Å². The van der Waals surface area contributed by atoms with Crippen molar-refractivity contribution in [1.82, 2.24) is 0 Å². The van der Waals surface area contributed by atoms with Gasteiger partial charge in [-0.05, 0) is 13.0 Å². The van der Waals surface area contributed by atoms with E-state index in [0.717, 1.165) is 5.57 Å². The van der Waals surface area contributed by atoms with Gasteiger partial charge >= 0.3 is 0 Å². The van der Waals surface area contributed by atoms with Crippen molar-refractivity contribution in [3.63, 3.8) is 0 Å². The maximum Gasteiger partial charge on any atom is 0.144 e. The molecule has 0 saturated heterocycles. The van der Waals surface area contributed by atoms with Gasteiger partial charge in [-0.3, -0.25) is 5.41 Å². The fraction of sp³-hybridized carbons (Fsp3) is 0.182. The highest BCUT2D eigenvalue weighted by atomic mass is 16.5. The standard InChI is InChI=1S/C11H13NO/c1-3-4-6-9-7-5-8-10(13-2)11(9)12/h3-8,12H,1-2H3/b4-3+,9-6-,12-11?. The predicted octanol–water partition coefficient (Wildman–Crippen LogP) is 2.61. The molecule has 1 aliphatic carbocycles. The normalized spacial score (nSPS) is 19.7. The highest BCUT2D eigenvalue weighted by Crippen LogP contribution is 2.14. The van der Waals surface area contributed by atoms with E-state index in [0.29, 0.717) is 11.5 Å². The topological polar surface area (TPSA) is 33.1 Å². The number of hydrogen-bond donors (Lipinski definition) is 1. The molecule has 0 bridgehead atoms. The molecule has 2 nitrogen and oxygen atoms in total. The maximum atomic E-state index is 7.73. The Bertz CT molecular complexity index is 319. The fourth-order valence-electron chi connectivity index (χ4n) is 1.06. The Morgan fingerprint density at radius 1 is 1.46 bits per heavy atom. The van der Waals surface area contributed by atoms with Gasteiger partial charge in [0.15, 0.2) is 0 Å². The van der Waals surface area contributed by atoms with Crippen molar-refractivity contribution in [2.45, 2.75) is 6.92 Å². The van der Waals surface area contributed by atoms with Crippen molar-refractivity contribution in [2.75, 3.05) is 7.11 Å². The molecule has 68 valence electrons. The van der Waals surface area contributed by atoms with Gasteiger partial charge in [0.1, 0.15) is 11.5 Å². The molecule has 0 aromatic heterocycles. The Balaban J connectivity index is 2.90. The molecular weight excluding hydrogens is 162 g/mol. The molecule has 0 unspecified atom stereocenters. The molecule has 0 amide bonds. The Morgan fingerprint density at radius 3 is 2.85 bits per heavy atom. The van der Waals surface area contributed by atoms with Gasteiger partial charge in [-0.1, -0.05) is 30.4 Å². The number of ether oxygens (including phenoxy) is 1. The molecule has 0 aromatic rings. The average molecular weight is 175 g/mol. The van der Waals surface area contributed by atoms with Crippen LogP contribution in [-0.2, 0) is 4.74 Å². The second-order valence-corrected chi connectivity index (χ2v) is 2.62. The molecule has 1 N–H and O–H groups in total. The summed E-state index contributed by atoms with van der Waals surface area (Å²) < 4.78 is 5.03. The van der Waals surface area contributed by atoms with Crippen LogP contribution < -0.4 is 0 Å². The Kier molecular flexibility index (Phi) is 3.26. The SMILES string of the molecule is C/C=C/C=C1/C=CC=C(OC)C1=N. The van der Waals surface area contributed by atoms with Crippen LogP contribution in [0.2, 0.25) is 0 Å². The molecular formula is C11H13NO. The summed E-state index contributed by atoms with van der Waals surface area (Å²) in [5.41, 5.74) is 1.31. The lowest BCUT2D eigenvalue weighted by Gasteiger charge is -2.11. The van der Waals surface area contributed by atoms with E-state index in [1.54, 1.807) is 13.2 Å². The first-order valence-corrected chi connectivity index (χ1v) is 4.14. The molecule has 0 spiro atoms. The van der Waals surface area contributed by atoms with Gasteiger partial charge < -0.3 is 4.74 Å². The zero-order valence-electron chi connectivity index (χ0n) is 7.87. The van der Waals surface area contributed by atoms with Crippen LogP contribution in [0.1, 0.15) is 6.92 Å². The lowest BCUT2D eigenvalue weighted by atomic mass is 10.0. The van der Waals surface area contributed by atoms with Crippen LogP contribution >= 0.6 is 0 Å². The van der Waals surface area contributed by atoms with Crippen molar-refractivity contribution in [3.05, 3.63) is 47.8 Å². The minimum absolute atomic E-state index is 0.433. The summed E-state index contributed by atoms with van der Waals surface area (Å²) in [6.07, 6.45) is 11.3. The van der Waals surface area contributed by atoms with E-state index in [4.69, 9.17) is 10.1 Å². The smallest absolute Gasteiger partial charge is 0.144 e. The second kappa shape index (κ2) is 4.45. The summed E-state index contributed by atoms with van der Waals surface area (Å²) in [7, 11) is 1.58. The van der Waals surface area contributed by atoms with Crippen LogP contribution in [0, 0.1) is 5.41 Å². The summed E-state index contributed by atoms with van der Waals surface area (Å²) in [6, 6.07) is 0. The van der Waals surface area contributed by atoms with Gasteiger partial charge in [-0.2, -0.15) is 0 Å². The van der Waals surface area contributed by atoms with Gasteiger partial charge in [-0.15, -0.1) is 0 Å². The second-order valence-electron chi connectivity index (χ2n) is 2.62. The van der Waals surface area contributed by atoms with Crippen molar-refractivity contribution in [1.29, 1.82) is 5.41 Å². The summed E-state index contributed by atoms with van der Waals surface area (Å²) in [5.74, 6) is 0.609. The van der Waals surface area contributed by atoms with Crippen LogP contribution in [0.4, 0.5) is 0 Å². The van der Waals surface area contributed by atoms with E-state index in [9.17, 15) is 0 Å². The first-order valence-electron chi connectivity index (χ1n) is 4.14. The number of allylic oxidation sites excluding steroid dienone is 7. The number of nitrogens with one attached hydrogen (secondary N) is 1. The minimum atomic E-state index is 0.433. The molecule has 13 heavy (non-hydrogen) atoms. The van der Waals surface area contributed by atoms with Gasteiger partial charge in [0.05, 0.1) is 7.11 Å². The Morgan fingerprint density at radius 2 is 2.23 bits per heavy atom. The molecule has 1 rings (SSSR count). The number of rotatable bonds is 2. The van der Waals surface area contributed by atoms with Crippen LogP contribution in [0.25, 0.3) is 0 Å². The fourth-order valence-corrected chi connectivity index (χ4v) is 1.06. The van der Waals surface area contributed by atoms with Crippen molar-refractivity contribution in [2.24, 2.45) is 0 Å². The van der Waals surface area contributed by atoms with Crippen LogP contribution in [-0.4, -0.2) is 12.8 Å². The first kappa shape index (κ1) is 9.52. The predicted molar refractivity (Wildman–Crippen MR) is 54.9 cm³/mol. The number of hydrogen-bond acceptors (Lipinski definition) is 2. The average Bonchev–Trinajstić information content (AvgIpc) is 2.16. The molecule has 0 fully saturated rings. The number of methoxy groups -OCH3 is 1. The van der Waals surface area contributed by atoms with E-state index in [1.807, 2.05) is 37.3 Å². The van der Waals surface area contributed by atoms with Crippen LogP contribution in [0.3, 0.4) is 0 Å². The van der Waals surface area contributed by atoms with Gasteiger partial charge in [-0.25, -0.2) is 0 Å².